The van der Waals surface area contributed by atoms with Crippen LogP contribution in [-0.2, 0) is 27.2 Å². The summed E-state index contributed by atoms with van der Waals surface area (Å²) in [5.41, 5.74) is 2.89. The summed E-state index contributed by atoms with van der Waals surface area (Å²) >= 11 is 0. The van der Waals surface area contributed by atoms with Crippen molar-refractivity contribution in [1.29, 1.82) is 0 Å². The fraction of sp³-hybridized carbons (Fsp3) is 0.387. The number of benzene rings is 3. The number of carbonyl (C=O) groups is 1. The highest BCUT2D eigenvalue weighted by molar-refractivity contribution is 5.68. The molecule has 0 spiro atoms. The molecule has 0 saturated heterocycles. The van der Waals surface area contributed by atoms with Crippen LogP contribution in [0.5, 0.6) is 17.2 Å². The highest BCUT2D eigenvalue weighted by Crippen LogP contribution is 2.35. The quantitative estimate of drug-likeness (QED) is 0.219. The van der Waals surface area contributed by atoms with E-state index in [1.807, 2.05) is 79.7 Å². The molecule has 0 fully saturated rings. The minimum absolute atomic E-state index is 0.163. The Morgan fingerprint density at radius 3 is 2.21 bits per heavy atom. The maximum absolute atomic E-state index is 13.3. The van der Waals surface area contributed by atoms with Gasteiger partial charge in [-0.1, -0.05) is 48.5 Å². The van der Waals surface area contributed by atoms with Gasteiger partial charge in [0.15, 0.2) is 17.8 Å². The first-order chi connectivity index (χ1) is 19.0. The van der Waals surface area contributed by atoms with Gasteiger partial charge in [-0.15, -0.1) is 0 Å². The second-order valence-corrected chi connectivity index (χ2v) is 8.74. The zero-order valence-electron chi connectivity index (χ0n) is 23.4. The SMILES string of the molecule is CCOC(=O)N(CC(OC)OC)C(Cc1cccc(OCC)c1)c1ccc(OCc2ccccc2)c(OC)c1. The van der Waals surface area contributed by atoms with Gasteiger partial charge < -0.3 is 28.4 Å². The van der Waals surface area contributed by atoms with Crippen LogP contribution in [0, 0.1) is 0 Å². The number of hydrogen-bond acceptors (Lipinski definition) is 7. The summed E-state index contributed by atoms with van der Waals surface area (Å²) in [4.78, 5) is 14.9. The van der Waals surface area contributed by atoms with Crippen LogP contribution in [0.4, 0.5) is 4.79 Å². The third-order valence-corrected chi connectivity index (χ3v) is 6.20. The Morgan fingerprint density at radius 1 is 0.795 bits per heavy atom. The number of ether oxygens (including phenoxy) is 6. The van der Waals surface area contributed by atoms with Crippen molar-refractivity contribution in [3.8, 4) is 17.2 Å². The molecule has 0 bridgehead atoms. The van der Waals surface area contributed by atoms with Gasteiger partial charge in [-0.3, -0.25) is 4.90 Å². The lowest BCUT2D eigenvalue weighted by Crippen LogP contribution is -2.42. The number of methoxy groups -OCH3 is 3. The van der Waals surface area contributed by atoms with Crippen molar-refractivity contribution in [3.05, 3.63) is 89.5 Å². The average Bonchev–Trinajstić information content (AvgIpc) is 2.97. The molecule has 3 aromatic rings. The highest BCUT2D eigenvalue weighted by atomic mass is 16.7. The average molecular weight is 538 g/mol. The van der Waals surface area contributed by atoms with Gasteiger partial charge >= 0.3 is 6.09 Å². The van der Waals surface area contributed by atoms with Crippen molar-refractivity contribution in [2.24, 2.45) is 0 Å². The molecule has 0 radical (unpaired) electrons. The topological polar surface area (TPSA) is 75.7 Å². The van der Waals surface area contributed by atoms with Crippen LogP contribution in [0.15, 0.2) is 72.8 Å². The molecule has 3 aromatic carbocycles. The lowest BCUT2D eigenvalue weighted by atomic mass is 9.96. The summed E-state index contributed by atoms with van der Waals surface area (Å²) in [5, 5.41) is 0. The predicted octanol–water partition coefficient (Wildman–Crippen LogP) is 6.03. The Morgan fingerprint density at radius 2 is 1.54 bits per heavy atom. The molecule has 8 nitrogen and oxygen atoms in total. The third-order valence-electron chi connectivity index (χ3n) is 6.20. The molecule has 3 rings (SSSR count). The summed E-state index contributed by atoms with van der Waals surface area (Å²) in [6.07, 6.45) is -0.610. The first kappa shape index (κ1) is 29.8. The van der Waals surface area contributed by atoms with Crippen LogP contribution in [0.1, 0.15) is 36.6 Å². The first-order valence-corrected chi connectivity index (χ1v) is 13.1. The molecule has 0 aliphatic rings. The molecule has 0 aliphatic carbocycles. The fourth-order valence-corrected chi connectivity index (χ4v) is 4.25. The summed E-state index contributed by atoms with van der Waals surface area (Å²) in [7, 11) is 4.68. The largest absolute Gasteiger partial charge is 0.494 e. The van der Waals surface area contributed by atoms with Crippen molar-refractivity contribution in [2.45, 2.75) is 39.2 Å². The first-order valence-electron chi connectivity index (χ1n) is 13.1. The van der Waals surface area contributed by atoms with Gasteiger partial charge in [0.05, 0.1) is 32.9 Å². The van der Waals surface area contributed by atoms with Crippen LogP contribution in [0.2, 0.25) is 0 Å². The van der Waals surface area contributed by atoms with E-state index in [0.29, 0.717) is 31.1 Å². The van der Waals surface area contributed by atoms with Gasteiger partial charge in [0, 0.05) is 14.2 Å². The molecule has 0 aromatic heterocycles. The van der Waals surface area contributed by atoms with E-state index in [9.17, 15) is 4.79 Å². The maximum atomic E-state index is 13.3. The zero-order chi connectivity index (χ0) is 28.0. The number of nitrogens with zero attached hydrogens (tertiary/aromatic N) is 1. The van der Waals surface area contributed by atoms with Crippen molar-refractivity contribution < 1.29 is 33.2 Å². The molecule has 0 N–H and O–H groups in total. The molecule has 210 valence electrons. The molecular weight excluding hydrogens is 498 g/mol. The van der Waals surface area contributed by atoms with Gasteiger partial charge in [0.25, 0.3) is 0 Å². The number of amides is 1. The second-order valence-electron chi connectivity index (χ2n) is 8.74. The summed E-state index contributed by atoms with van der Waals surface area (Å²) < 4.78 is 33.8. The molecule has 1 amide bonds. The highest BCUT2D eigenvalue weighted by Gasteiger charge is 2.30. The van der Waals surface area contributed by atoms with Gasteiger partial charge in [-0.2, -0.15) is 0 Å². The standard InChI is InChI=1S/C31H39NO7/c1-6-37-26-15-11-14-24(18-26)19-27(32(31(33)38-7-2)21-30(35-4)36-5)25-16-17-28(29(20-25)34-3)39-22-23-12-9-8-10-13-23/h8-18,20,27,30H,6-7,19,21-22H2,1-5H3. The van der Waals surface area contributed by atoms with Gasteiger partial charge in [0.1, 0.15) is 12.4 Å². The van der Waals surface area contributed by atoms with E-state index in [1.54, 1.807) is 33.2 Å². The van der Waals surface area contributed by atoms with E-state index in [0.717, 1.165) is 22.4 Å². The Bertz CT molecular complexity index is 1150. The summed E-state index contributed by atoms with van der Waals surface area (Å²) in [6, 6.07) is 23.1. The predicted molar refractivity (Wildman–Crippen MR) is 149 cm³/mol. The normalized spacial score (nSPS) is 11.6. The smallest absolute Gasteiger partial charge is 0.410 e. The molecule has 39 heavy (non-hydrogen) atoms. The van der Waals surface area contributed by atoms with Crippen molar-refractivity contribution in [3.63, 3.8) is 0 Å². The zero-order valence-corrected chi connectivity index (χ0v) is 23.4. The van der Waals surface area contributed by atoms with E-state index in [2.05, 4.69) is 0 Å². The van der Waals surface area contributed by atoms with E-state index < -0.39 is 18.4 Å². The Hall–Kier alpha value is -3.75. The van der Waals surface area contributed by atoms with E-state index in [4.69, 9.17) is 28.4 Å². The maximum Gasteiger partial charge on any atom is 0.410 e. The van der Waals surface area contributed by atoms with Gasteiger partial charge in [0.2, 0.25) is 0 Å². The Labute approximate surface area is 231 Å². The summed E-state index contributed by atoms with van der Waals surface area (Å²) in [5.74, 6) is 1.94. The Kier molecular flexibility index (Phi) is 11.9. The van der Waals surface area contributed by atoms with Crippen molar-refractivity contribution in [1.82, 2.24) is 4.90 Å². The number of carbonyl (C=O) groups excluding carboxylic acids is 1. The van der Waals surface area contributed by atoms with E-state index in [1.165, 1.54) is 0 Å². The van der Waals surface area contributed by atoms with Crippen LogP contribution < -0.4 is 14.2 Å². The lowest BCUT2D eigenvalue weighted by Gasteiger charge is -2.33. The number of hydrogen-bond donors (Lipinski definition) is 0. The van der Waals surface area contributed by atoms with Gasteiger partial charge in [-0.25, -0.2) is 4.79 Å². The van der Waals surface area contributed by atoms with Crippen molar-refractivity contribution in [2.75, 3.05) is 41.1 Å². The van der Waals surface area contributed by atoms with Crippen LogP contribution >= 0.6 is 0 Å². The number of rotatable bonds is 15. The molecule has 1 atom stereocenters. The molecule has 1 unspecified atom stereocenters. The molecular formula is C31H39NO7. The Balaban J connectivity index is 2.00. The minimum Gasteiger partial charge on any atom is -0.494 e. The molecule has 0 heterocycles. The molecule has 8 heteroatoms. The van der Waals surface area contributed by atoms with Crippen LogP contribution in [0.25, 0.3) is 0 Å². The van der Waals surface area contributed by atoms with Gasteiger partial charge in [-0.05, 0) is 61.2 Å². The fourth-order valence-electron chi connectivity index (χ4n) is 4.25. The minimum atomic E-state index is -0.637. The third kappa shape index (κ3) is 8.63. The second kappa shape index (κ2) is 15.6. The monoisotopic (exact) mass is 537 g/mol. The van der Waals surface area contributed by atoms with E-state index >= 15 is 0 Å². The summed E-state index contributed by atoms with van der Waals surface area (Å²) in [6.45, 7) is 5.09. The lowest BCUT2D eigenvalue weighted by molar-refractivity contribution is -0.117. The van der Waals surface area contributed by atoms with Crippen LogP contribution in [-0.4, -0.2) is 58.4 Å². The van der Waals surface area contributed by atoms with Crippen molar-refractivity contribution >= 4 is 6.09 Å². The molecule has 0 saturated carbocycles. The molecule has 0 aliphatic heterocycles. The van der Waals surface area contributed by atoms with E-state index in [-0.39, 0.29) is 13.2 Å². The van der Waals surface area contributed by atoms with Crippen LogP contribution in [0.3, 0.4) is 0 Å².